The molecule has 0 aliphatic heterocycles. The highest BCUT2D eigenvalue weighted by Crippen LogP contribution is 2.16. The van der Waals surface area contributed by atoms with E-state index >= 15 is 0 Å². The first-order chi connectivity index (χ1) is 9.56. The second kappa shape index (κ2) is 6.16. The molecule has 2 N–H and O–H groups in total. The molecule has 0 unspecified atom stereocenters. The van der Waals surface area contributed by atoms with Gasteiger partial charge in [0.25, 0.3) is 5.91 Å². The van der Waals surface area contributed by atoms with Gasteiger partial charge in [0.15, 0.2) is 0 Å². The highest BCUT2D eigenvalue weighted by atomic mass is 35.5. The van der Waals surface area contributed by atoms with Crippen molar-refractivity contribution >= 4 is 29.2 Å². The fourth-order valence-corrected chi connectivity index (χ4v) is 1.89. The SMILES string of the molecule is O=C(O)Cc1cccc(NC(=O)c2cccnc2Cl)c1. The van der Waals surface area contributed by atoms with E-state index in [1.165, 1.54) is 6.20 Å². The van der Waals surface area contributed by atoms with Crippen LogP contribution in [-0.2, 0) is 11.2 Å². The standard InChI is InChI=1S/C14H11ClN2O3/c15-13-11(5-2-6-16-13)14(20)17-10-4-1-3-9(7-10)8-12(18)19/h1-7H,8H2,(H,17,20)(H,18,19). The molecule has 0 spiro atoms. The molecular formula is C14H11ClN2O3. The molecule has 2 rings (SSSR count). The van der Waals surface area contributed by atoms with E-state index in [0.717, 1.165) is 0 Å². The molecule has 0 aliphatic rings. The molecule has 0 radical (unpaired) electrons. The Kier molecular flexibility index (Phi) is 4.32. The topological polar surface area (TPSA) is 79.3 Å². The summed E-state index contributed by atoms with van der Waals surface area (Å²) in [6.07, 6.45) is 1.39. The summed E-state index contributed by atoms with van der Waals surface area (Å²) in [5.41, 5.74) is 1.37. The zero-order valence-corrected chi connectivity index (χ0v) is 11.1. The van der Waals surface area contributed by atoms with Crippen molar-refractivity contribution in [3.05, 3.63) is 58.9 Å². The number of carbonyl (C=O) groups excluding carboxylic acids is 1. The van der Waals surface area contributed by atoms with Gasteiger partial charge < -0.3 is 10.4 Å². The summed E-state index contributed by atoms with van der Waals surface area (Å²) in [5.74, 6) is -1.32. The van der Waals surface area contributed by atoms with Gasteiger partial charge in [-0.05, 0) is 29.8 Å². The molecular weight excluding hydrogens is 280 g/mol. The summed E-state index contributed by atoms with van der Waals surface area (Å²) < 4.78 is 0. The minimum atomic E-state index is -0.927. The number of aliphatic carboxylic acids is 1. The van der Waals surface area contributed by atoms with Gasteiger partial charge in [0.05, 0.1) is 12.0 Å². The molecule has 0 fully saturated rings. The minimum absolute atomic E-state index is 0.0998. The third-order valence-corrected chi connectivity index (χ3v) is 2.85. The first-order valence-corrected chi connectivity index (χ1v) is 6.16. The largest absolute Gasteiger partial charge is 0.481 e. The van der Waals surface area contributed by atoms with Crippen molar-refractivity contribution in [3.8, 4) is 0 Å². The molecule has 6 heteroatoms. The zero-order chi connectivity index (χ0) is 14.5. The van der Waals surface area contributed by atoms with Crippen molar-refractivity contribution in [3.63, 3.8) is 0 Å². The molecule has 2 aromatic rings. The summed E-state index contributed by atoms with van der Waals surface area (Å²) in [4.78, 5) is 26.5. The first-order valence-electron chi connectivity index (χ1n) is 5.79. The van der Waals surface area contributed by atoms with E-state index in [4.69, 9.17) is 16.7 Å². The number of nitrogens with one attached hydrogen (secondary N) is 1. The van der Waals surface area contributed by atoms with Crippen LogP contribution in [0.2, 0.25) is 5.15 Å². The maximum Gasteiger partial charge on any atom is 0.307 e. The molecule has 20 heavy (non-hydrogen) atoms. The molecule has 102 valence electrons. The smallest absolute Gasteiger partial charge is 0.307 e. The number of anilines is 1. The number of pyridine rings is 1. The molecule has 1 heterocycles. The van der Waals surface area contributed by atoms with Gasteiger partial charge in [-0.2, -0.15) is 0 Å². The number of carbonyl (C=O) groups is 2. The van der Waals surface area contributed by atoms with E-state index in [9.17, 15) is 9.59 Å². The first kappa shape index (κ1) is 14.0. The van der Waals surface area contributed by atoms with Crippen LogP contribution in [0.5, 0.6) is 0 Å². The van der Waals surface area contributed by atoms with Crippen molar-refractivity contribution in [2.24, 2.45) is 0 Å². The van der Waals surface area contributed by atoms with E-state index in [-0.39, 0.29) is 17.1 Å². The number of halogens is 1. The summed E-state index contributed by atoms with van der Waals surface area (Å²) in [7, 11) is 0. The maximum atomic E-state index is 12.0. The Bertz CT molecular complexity index is 658. The second-order valence-corrected chi connectivity index (χ2v) is 4.42. The quantitative estimate of drug-likeness (QED) is 0.848. The fourth-order valence-electron chi connectivity index (χ4n) is 1.69. The number of hydrogen-bond donors (Lipinski definition) is 2. The predicted molar refractivity (Wildman–Crippen MR) is 75.0 cm³/mol. The van der Waals surface area contributed by atoms with Gasteiger partial charge in [0.1, 0.15) is 5.15 Å². The lowest BCUT2D eigenvalue weighted by atomic mass is 10.1. The van der Waals surface area contributed by atoms with Crippen molar-refractivity contribution in [2.75, 3.05) is 5.32 Å². The Labute approximate surface area is 120 Å². The normalized spacial score (nSPS) is 10.1. The van der Waals surface area contributed by atoms with E-state index in [1.54, 1.807) is 36.4 Å². The fraction of sp³-hybridized carbons (Fsp3) is 0.0714. The number of hydrogen-bond acceptors (Lipinski definition) is 3. The van der Waals surface area contributed by atoms with Crippen LogP contribution in [0.1, 0.15) is 15.9 Å². The predicted octanol–water partition coefficient (Wildman–Crippen LogP) is 2.61. The van der Waals surface area contributed by atoms with Gasteiger partial charge in [-0.25, -0.2) is 4.98 Å². The number of rotatable bonds is 4. The van der Waals surface area contributed by atoms with Gasteiger partial charge in [-0.1, -0.05) is 23.7 Å². The van der Waals surface area contributed by atoms with E-state index in [2.05, 4.69) is 10.3 Å². The summed E-state index contributed by atoms with van der Waals surface area (Å²) in [6, 6.07) is 9.82. The van der Waals surface area contributed by atoms with Crippen LogP contribution in [0.25, 0.3) is 0 Å². The third kappa shape index (κ3) is 3.55. The van der Waals surface area contributed by atoms with E-state index < -0.39 is 11.9 Å². The summed E-state index contributed by atoms with van der Waals surface area (Å²) in [5, 5.41) is 11.5. The molecule has 0 saturated heterocycles. The van der Waals surface area contributed by atoms with Crippen LogP contribution in [-0.4, -0.2) is 22.0 Å². The number of carboxylic acid groups (broad SMARTS) is 1. The van der Waals surface area contributed by atoms with Gasteiger partial charge in [0, 0.05) is 11.9 Å². The highest BCUT2D eigenvalue weighted by molar-refractivity contribution is 6.33. The Morgan fingerprint density at radius 1 is 1.25 bits per heavy atom. The van der Waals surface area contributed by atoms with Gasteiger partial charge >= 0.3 is 5.97 Å². The Morgan fingerprint density at radius 2 is 2.05 bits per heavy atom. The van der Waals surface area contributed by atoms with E-state index in [1.807, 2.05) is 0 Å². The number of amides is 1. The second-order valence-electron chi connectivity index (χ2n) is 4.07. The molecule has 0 saturated carbocycles. The Balaban J connectivity index is 2.16. The molecule has 1 aromatic carbocycles. The third-order valence-electron chi connectivity index (χ3n) is 2.54. The van der Waals surface area contributed by atoms with Crippen LogP contribution in [0, 0.1) is 0 Å². The molecule has 5 nitrogen and oxygen atoms in total. The molecule has 1 amide bonds. The Morgan fingerprint density at radius 3 is 2.75 bits per heavy atom. The van der Waals surface area contributed by atoms with Crippen LogP contribution in [0.4, 0.5) is 5.69 Å². The lowest BCUT2D eigenvalue weighted by molar-refractivity contribution is -0.136. The lowest BCUT2D eigenvalue weighted by Gasteiger charge is -2.07. The lowest BCUT2D eigenvalue weighted by Crippen LogP contribution is -2.13. The number of carboxylic acids is 1. The van der Waals surface area contributed by atoms with E-state index in [0.29, 0.717) is 11.3 Å². The van der Waals surface area contributed by atoms with Crippen molar-refractivity contribution in [1.82, 2.24) is 4.98 Å². The molecule has 0 aliphatic carbocycles. The Hall–Kier alpha value is -2.40. The average molecular weight is 291 g/mol. The summed E-state index contributed by atoms with van der Waals surface area (Å²) in [6.45, 7) is 0. The highest BCUT2D eigenvalue weighted by Gasteiger charge is 2.11. The molecule has 0 bridgehead atoms. The van der Waals surface area contributed by atoms with Crippen LogP contribution in [0.15, 0.2) is 42.6 Å². The summed E-state index contributed by atoms with van der Waals surface area (Å²) >= 11 is 5.84. The average Bonchev–Trinajstić information content (AvgIpc) is 2.38. The van der Waals surface area contributed by atoms with Crippen molar-refractivity contribution in [2.45, 2.75) is 6.42 Å². The zero-order valence-electron chi connectivity index (χ0n) is 10.3. The molecule has 1 aromatic heterocycles. The van der Waals surface area contributed by atoms with Gasteiger partial charge in [0.2, 0.25) is 0 Å². The van der Waals surface area contributed by atoms with Crippen LogP contribution in [0.3, 0.4) is 0 Å². The monoisotopic (exact) mass is 290 g/mol. The number of aromatic nitrogens is 1. The van der Waals surface area contributed by atoms with Crippen LogP contribution >= 0.6 is 11.6 Å². The number of nitrogens with zero attached hydrogens (tertiary/aromatic N) is 1. The van der Waals surface area contributed by atoms with Gasteiger partial charge in [-0.3, -0.25) is 9.59 Å². The van der Waals surface area contributed by atoms with Crippen molar-refractivity contribution < 1.29 is 14.7 Å². The van der Waals surface area contributed by atoms with Gasteiger partial charge in [-0.15, -0.1) is 0 Å². The van der Waals surface area contributed by atoms with Crippen molar-refractivity contribution in [1.29, 1.82) is 0 Å². The molecule has 0 atom stereocenters. The van der Waals surface area contributed by atoms with Crippen LogP contribution < -0.4 is 5.32 Å². The maximum absolute atomic E-state index is 12.0. The number of benzene rings is 1. The minimum Gasteiger partial charge on any atom is -0.481 e.